The highest BCUT2D eigenvalue weighted by Gasteiger charge is 2.52. The predicted molar refractivity (Wildman–Crippen MR) is 168 cm³/mol. The zero-order valence-corrected chi connectivity index (χ0v) is 26.7. The monoisotopic (exact) mass is 549 g/mol. The summed E-state index contributed by atoms with van der Waals surface area (Å²) < 4.78 is 0. The smallest absolute Gasteiger partial charge is 0.185 e. The first kappa shape index (κ1) is 31.2. The van der Waals surface area contributed by atoms with Crippen LogP contribution in [0.15, 0.2) is 11.6 Å². The van der Waals surface area contributed by atoms with E-state index >= 15 is 0 Å². The van der Waals surface area contributed by atoms with Gasteiger partial charge in [0.25, 0.3) is 0 Å². The highest BCUT2D eigenvalue weighted by Crippen LogP contribution is 2.62. The number of hydrogen-bond donors (Lipinski definition) is 3. The Labute approximate surface area is 238 Å². The first-order chi connectivity index (χ1) is 17.5. The van der Waals surface area contributed by atoms with E-state index in [4.69, 9.17) is 11.1 Å². The molecule has 2 fully saturated rings. The number of nitrogens with two attached hydrogens (primary N) is 1. The Kier molecular flexibility index (Phi) is 12.1. The van der Waals surface area contributed by atoms with Gasteiger partial charge in [-0.15, -0.1) is 0 Å². The van der Waals surface area contributed by atoms with Crippen LogP contribution in [0.4, 0.5) is 0 Å². The molecule has 0 saturated heterocycles. The van der Waals surface area contributed by atoms with Crippen LogP contribution in [0, 0.1) is 45.8 Å². The lowest BCUT2D eigenvalue weighted by molar-refractivity contribution is -0.0329. The molecule has 3 aliphatic rings. The summed E-state index contributed by atoms with van der Waals surface area (Å²) in [5, 5.41) is 11.0. The number of guanidine groups is 1. The lowest BCUT2D eigenvalue weighted by Gasteiger charge is -2.56. The molecule has 4 N–H and O–H groups in total. The number of hydrogen-bond acceptors (Lipinski definition) is 3. The molecule has 5 unspecified atom stereocenters. The Bertz CT molecular complexity index is 748. The summed E-state index contributed by atoms with van der Waals surface area (Å²) in [4.78, 5) is 0. The number of allylic oxidation sites excluding steroid dienone is 2. The standard InChI is InChI=1S/C32H59N3S2/c1-23(2)9-7-10-24(3)11-8-12-28-27-16-14-25-13-15-26(37-36-22-21-35-30(33)34)17-20-32(25,6)29(27)18-19-31(28,4)5/h14,23-24,26-29H,7-13,15-22H2,1-6H3,(H4,33,34,35)/t24-,26?,27?,28?,29?,32?/m0/s1. The molecule has 0 bridgehead atoms. The van der Waals surface area contributed by atoms with Gasteiger partial charge in [-0.25, -0.2) is 0 Å². The van der Waals surface area contributed by atoms with Crippen LogP contribution in [0.5, 0.6) is 0 Å². The molecule has 5 heteroatoms. The second-order valence-corrected chi connectivity index (χ2v) is 16.9. The van der Waals surface area contributed by atoms with Crippen LogP contribution < -0.4 is 11.1 Å². The van der Waals surface area contributed by atoms with Gasteiger partial charge in [-0.05, 0) is 91.8 Å². The molecule has 0 aromatic rings. The molecule has 37 heavy (non-hydrogen) atoms. The molecule has 3 rings (SSSR count). The lowest BCUT2D eigenvalue weighted by atomic mass is 9.48. The summed E-state index contributed by atoms with van der Waals surface area (Å²) in [5.41, 5.74) is 8.16. The van der Waals surface area contributed by atoms with E-state index in [0.717, 1.165) is 47.1 Å². The van der Waals surface area contributed by atoms with Gasteiger partial charge in [-0.3, -0.25) is 5.41 Å². The van der Waals surface area contributed by atoms with Crippen LogP contribution in [0.3, 0.4) is 0 Å². The third-order valence-electron chi connectivity index (χ3n) is 10.4. The van der Waals surface area contributed by atoms with Gasteiger partial charge in [0.15, 0.2) is 5.96 Å². The molecule has 0 spiro atoms. The van der Waals surface area contributed by atoms with Gasteiger partial charge in [-0.2, -0.15) is 0 Å². The van der Waals surface area contributed by atoms with Gasteiger partial charge in [0.2, 0.25) is 0 Å². The molecule has 3 nitrogen and oxygen atoms in total. The topological polar surface area (TPSA) is 61.9 Å². The van der Waals surface area contributed by atoms with Crippen molar-refractivity contribution in [2.24, 2.45) is 46.2 Å². The van der Waals surface area contributed by atoms with Gasteiger partial charge in [0.1, 0.15) is 0 Å². The van der Waals surface area contributed by atoms with Crippen molar-refractivity contribution in [3.8, 4) is 0 Å². The van der Waals surface area contributed by atoms with E-state index in [9.17, 15) is 0 Å². The van der Waals surface area contributed by atoms with Gasteiger partial charge in [0.05, 0.1) is 0 Å². The predicted octanol–water partition coefficient (Wildman–Crippen LogP) is 9.43. The van der Waals surface area contributed by atoms with E-state index in [1.54, 1.807) is 0 Å². The summed E-state index contributed by atoms with van der Waals surface area (Å²) >= 11 is 0. The van der Waals surface area contributed by atoms with Gasteiger partial charge >= 0.3 is 0 Å². The molecule has 0 amide bonds. The van der Waals surface area contributed by atoms with Crippen molar-refractivity contribution >= 4 is 27.5 Å². The quantitative estimate of drug-likeness (QED) is 0.0704. The number of nitrogens with one attached hydrogen (secondary N) is 2. The number of rotatable bonds is 13. The maximum absolute atomic E-state index is 7.32. The molecule has 0 aromatic heterocycles. The lowest BCUT2D eigenvalue weighted by Crippen LogP contribution is -2.48. The van der Waals surface area contributed by atoms with Gasteiger partial charge < -0.3 is 11.1 Å². The summed E-state index contributed by atoms with van der Waals surface area (Å²) in [6.07, 6.45) is 20.9. The molecule has 214 valence electrons. The zero-order chi connectivity index (χ0) is 27.1. The molecule has 0 aromatic carbocycles. The van der Waals surface area contributed by atoms with Crippen molar-refractivity contribution in [2.45, 2.75) is 130 Å². The molecule has 0 aliphatic heterocycles. The fraction of sp³-hybridized carbons (Fsp3) is 0.906. The minimum atomic E-state index is 0.0867. The molecule has 3 aliphatic carbocycles. The highest BCUT2D eigenvalue weighted by atomic mass is 33.1. The van der Waals surface area contributed by atoms with Crippen molar-refractivity contribution < 1.29 is 0 Å². The fourth-order valence-corrected chi connectivity index (χ4v) is 10.7. The van der Waals surface area contributed by atoms with Crippen LogP contribution in [0.25, 0.3) is 0 Å². The van der Waals surface area contributed by atoms with Crippen LogP contribution >= 0.6 is 21.6 Å². The molecule has 0 heterocycles. The molecule has 6 atom stereocenters. The Morgan fingerprint density at radius 2 is 1.84 bits per heavy atom. The van der Waals surface area contributed by atoms with E-state index < -0.39 is 0 Å². The zero-order valence-electron chi connectivity index (χ0n) is 25.0. The average Bonchev–Trinajstić information content (AvgIpc) is 2.98. The molecular weight excluding hydrogens is 491 g/mol. The van der Waals surface area contributed by atoms with E-state index in [0.29, 0.717) is 10.8 Å². The van der Waals surface area contributed by atoms with Crippen molar-refractivity contribution in [3.63, 3.8) is 0 Å². The Balaban J connectivity index is 1.55. The molecular formula is C32H59N3S2. The highest BCUT2D eigenvalue weighted by molar-refractivity contribution is 8.76. The Morgan fingerprint density at radius 3 is 2.57 bits per heavy atom. The first-order valence-electron chi connectivity index (χ1n) is 15.6. The van der Waals surface area contributed by atoms with Crippen molar-refractivity contribution in [1.29, 1.82) is 5.41 Å². The maximum Gasteiger partial charge on any atom is 0.185 e. The Hall–Kier alpha value is -0.290. The molecule has 0 radical (unpaired) electrons. The summed E-state index contributed by atoms with van der Waals surface area (Å²) in [6.45, 7) is 15.9. The van der Waals surface area contributed by atoms with Crippen LogP contribution in [-0.4, -0.2) is 23.5 Å². The largest absolute Gasteiger partial charge is 0.370 e. The van der Waals surface area contributed by atoms with E-state index in [1.807, 2.05) is 16.4 Å². The van der Waals surface area contributed by atoms with Crippen LogP contribution in [0.2, 0.25) is 0 Å². The van der Waals surface area contributed by atoms with E-state index in [1.165, 1.54) is 83.5 Å². The normalized spacial score (nSPS) is 32.1. The minimum Gasteiger partial charge on any atom is -0.370 e. The third-order valence-corrected chi connectivity index (χ3v) is 13.4. The first-order valence-corrected chi connectivity index (χ1v) is 18.0. The fourth-order valence-electron chi connectivity index (χ4n) is 8.09. The van der Waals surface area contributed by atoms with Crippen LogP contribution in [-0.2, 0) is 0 Å². The SMILES string of the molecule is CC(C)CCC[C@H](C)CCCC1C2CC=C3CCC(SSCCNC(=N)N)CCC3(C)C2CCC1(C)C. The third kappa shape index (κ3) is 8.85. The minimum absolute atomic E-state index is 0.0867. The Morgan fingerprint density at radius 1 is 1.08 bits per heavy atom. The summed E-state index contributed by atoms with van der Waals surface area (Å²) in [5.74, 6) is 5.52. The van der Waals surface area contributed by atoms with Crippen molar-refractivity contribution in [3.05, 3.63) is 11.6 Å². The van der Waals surface area contributed by atoms with Gasteiger partial charge in [0, 0.05) is 17.5 Å². The van der Waals surface area contributed by atoms with Crippen molar-refractivity contribution in [2.75, 3.05) is 12.3 Å². The molecule has 2 saturated carbocycles. The summed E-state index contributed by atoms with van der Waals surface area (Å²) in [7, 11) is 4.06. The van der Waals surface area contributed by atoms with Crippen LogP contribution in [0.1, 0.15) is 125 Å². The average molecular weight is 550 g/mol. The van der Waals surface area contributed by atoms with E-state index in [-0.39, 0.29) is 5.96 Å². The van der Waals surface area contributed by atoms with Crippen molar-refractivity contribution in [1.82, 2.24) is 5.32 Å². The van der Waals surface area contributed by atoms with E-state index in [2.05, 4.69) is 63.7 Å². The maximum atomic E-state index is 7.32. The second kappa shape index (κ2) is 14.4. The summed E-state index contributed by atoms with van der Waals surface area (Å²) in [6, 6.07) is 0. The number of fused-ring (bicyclic) bond motifs is 3. The van der Waals surface area contributed by atoms with Gasteiger partial charge in [-0.1, -0.05) is 107 Å². The second-order valence-electron chi connectivity index (χ2n) is 14.1.